The number of thioether (sulfide) groups is 1. The van der Waals surface area contributed by atoms with E-state index in [-0.39, 0.29) is 6.04 Å². The maximum Gasteiger partial charge on any atom is 0.245 e. The molecular weight excluding hydrogens is 428 g/mol. The first kappa shape index (κ1) is 22.5. The number of fused-ring (bicyclic) bond motifs is 1. The molecule has 5 nitrogen and oxygen atoms in total. The Morgan fingerprint density at radius 2 is 1.90 bits per heavy atom. The number of hydrogen-bond donors (Lipinski definition) is 0. The maximum atomic E-state index is 13.7. The molecular formula is C24H32N2O3S2. The topological polar surface area (TPSA) is 49.9 Å². The number of rotatable bonds is 8. The van der Waals surface area contributed by atoms with Gasteiger partial charge in [0.15, 0.2) is 0 Å². The van der Waals surface area contributed by atoms with E-state index in [9.17, 15) is 8.42 Å². The summed E-state index contributed by atoms with van der Waals surface area (Å²) in [5.74, 6) is 1.28. The third kappa shape index (κ3) is 4.73. The van der Waals surface area contributed by atoms with E-state index in [4.69, 9.17) is 4.74 Å². The number of likely N-dealkylation sites (N-methyl/N-ethyl adjacent to an activating group) is 1. The van der Waals surface area contributed by atoms with Gasteiger partial charge in [0, 0.05) is 31.4 Å². The van der Waals surface area contributed by atoms with Crippen LogP contribution in [0, 0.1) is 5.92 Å². The van der Waals surface area contributed by atoms with E-state index < -0.39 is 10.0 Å². The molecule has 7 heteroatoms. The minimum Gasteiger partial charge on any atom is -0.492 e. The van der Waals surface area contributed by atoms with Crippen LogP contribution in [0.15, 0.2) is 52.3 Å². The fourth-order valence-corrected chi connectivity index (χ4v) is 6.17. The summed E-state index contributed by atoms with van der Waals surface area (Å²) in [5.41, 5.74) is 1.75. The average Bonchev–Trinajstić information content (AvgIpc) is 3.62. The van der Waals surface area contributed by atoms with Gasteiger partial charge in [-0.15, -0.1) is 11.8 Å². The van der Waals surface area contributed by atoms with Crippen LogP contribution in [-0.4, -0.2) is 45.2 Å². The smallest absolute Gasteiger partial charge is 0.245 e. The Kier molecular flexibility index (Phi) is 6.84. The fourth-order valence-electron chi connectivity index (χ4n) is 4.05. The Labute approximate surface area is 190 Å². The molecule has 1 heterocycles. The van der Waals surface area contributed by atoms with Crippen molar-refractivity contribution in [2.24, 2.45) is 5.92 Å². The van der Waals surface area contributed by atoms with Gasteiger partial charge < -0.3 is 9.64 Å². The molecule has 1 aliphatic carbocycles. The van der Waals surface area contributed by atoms with E-state index in [2.05, 4.69) is 24.0 Å². The summed E-state index contributed by atoms with van der Waals surface area (Å²) in [6.45, 7) is 3.43. The van der Waals surface area contributed by atoms with Crippen LogP contribution < -0.4 is 9.64 Å². The number of nitrogens with zero attached hydrogens (tertiary/aromatic N) is 2. The molecule has 0 saturated heterocycles. The molecule has 0 bridgehead atoms. The third-order valence-electron chi connectivity index (χ3n) is 6.23. The SMILES string of the molecule is CCCC[C@@H]1CN(c2ccccc2)c2cc(SC)c(OCC3CC3)cc2S(=O)(=O)N1C. The van der Waals surface area contributed by atoms with Gasteiger partial charge in [-0.2, -0.15) is 4.31 Å². The minimum absolute atomic E-state index is 0.0916. The first-order valence-electron chi connectivity index (χ1n) is 11.1. The number of ether oxygens (including phenoxy) is 1. The van der Waals surface area contributed by atoms with Crippen molar-refractivity contribution < 1.29 is 13.2 Å². The maximum absolute atomic E-state index is 13.7. The summed E-state index contributed by atoms with van der Waals surface area (Å²) in [6.07, 6.45) is 7.28. The molecule has 1 saturated carbocycles. The highest BCUT2D eigenvalue weighted by atomic mass is 32.2. The lowest BCUT2D eigenvalue weighted by atomic mass is 10.1. The number of anilines is 2. The molecule has 31 heavy (non-hydrogen) atoms. The van der Waals surface area contributed by atoms with Crippen LogP contribution in [0.25, 0.3) is 0 Å². The van der Waals surface area contributed by atoms with Gasteiger partial charge in [-0.1, -0.05) is 38.0 Å². The van der Waals surface area contributed by atoms with Crippen LogP contribution in [-0.2, 0) is 10.0 Å². The van der Waals surface area contributed by atoms with Crippen molar-refractivity contribution in [2.45, 2.75) is 54.9 Å². The standard InChI is InChI=1S/C24H32N2O3S2/c1-4-5-9-20-16-26(19-10-7-6-8-11-19)21-14-23(30-3)22(29-17-18-12-13-18)15-24(21)31(27,28)25(20)2/h6-8,10-11,14-15,18,20H,4-5,9,12-13,16-17H2,1-3H3/t20-/m1/s1. The summed E-state index contributed by atoms with van der Waals surface area (Å²) >= 11 is 1.60. The highest BCUT2D eigenvalue weighted by Crippen LogP contribution is 2.44. The zero-order chi connectivity index (χ0) is 22.0. The number of benzene rings is 2. The van der Waals surface area contributed by atoms with Gasteiger partial charge in [-0.25, -0.2) is 8.42 Å². The fraction of sp³-hybridized carbons (Fsp3) is 0.500. The lowest BCUT2D eigenvalue weighted by Crippen LogP contribution is -2.40. The first-order chi connectivity index (χ1) is 15.0. The van der Waals surface area contributed by atoms with Crippen molar-refractivity contribution in [3.05, 3.63) is 42.5 Å². The molecule has 2 aliphatic rings. The van der Waals surface area contributed by atoms with E-state index >= 15 is 0 Å². The second-order valence-corrected chi connectivity index (χ2v) is 11.3. The van der Waals surface area contributed by atoms with Gasteiger partial charge in [-0.3, -0.25) is 0 Å². The molecule has 0 unspecified atom stereocenters. The van der Waals surface area contributed by atoms with Crippen LogP contribution in [0.5, 0.6) is 5.75 Å². The number of para-hydroxylation sites is 1. The normalized spacial score (nSPS) is 20.9. The number of unbranched alkanes of at least 4 members (excludes halogenated alkanes) is 1. The van der Waals surface area contributed by atoms with Crippen molar-refractivity contribution in [3.63, 3.8) is 0 Å². The van der Waals surface area contributed by atoms with Gasteiger partial charge >= 0.3 is 0 Å². The van der Waals surface area contributed by atoms with Crippen molar-refractivity contribution in [1.82, 2.24) is 4.31 Å². The summed E-state index contributed by atoms with van der Waals surface area (Å²) < 4.78 is 35.1. The molecule has 1 atom stereocenters. The zero-order valence-electron chi connectivity index (χ0n) is 18.6. The monoisotopic (exact) mass is 460 g/mol. The van der Waals surface area contributed by atoms with Gasteiger partial charge in [-0.05, 0) is 49.6 Å². The predicted octanol–water partition coefficient (Wildman–Crippen LogP) is 5.53. The highest BCUT2D eigenvalue weighted by Gasteiger charge is 2.37. The summed E-state index contributed by atoms with van der Waals surface area (Å²) in [6, 6.07) is 13.8. The molecule has 0 spiro atoms. The van der Waals surface area contributed by atoms with E-state index in [0.29, 0.717) is 29.7 Å². The summed E-state index contributed by atoms with van der Waals surface area (Å²) in [5, 5.41) is 0. The molecule has 1 fully saturated rings. The van der Waals surface area contributed by atoms with Crippen LogP contribution in [0.4, 0.5) is 11.4 Å². The third-order valence-corrected chi connectivity index (χ3v) is 8.93. The average molecular weight is 461 g/mol. The van der Waals surface area contributed by atoms with Crippen molar-refractivity contribution >= 4 is 33.2 Å². The Bertz CT molecular complexity index is 1010. The van der Waals surface area contributed by atoms with E-state index in [1.54, 1.807) is 29.2 Å². The van der Waals surface area contributed by atoms with Crippen LogP contribution in [0.3, 0.4) is 0 Å². The molecule has 0 radical (unpaired) electrons. The van der Waals surface area contributed by atoms with Crippen LogP contribution in [0.1, 0.15) is 39.0 Å². The number of sulfonamides is 1. The van der Waals surface area contributed by atoms with Gasteiger partial charge in [0.2, 0.25) is 10.0 Å². The lowest BCUT2D eigenvalue weighted by molar-refractivity contribution is 0.292. The lowest BCUT2D eigenvalue weighted by Gasteiger charge is -2.29. The van der Waals surface area contributed by atoms with E-state index in [0.717, 1.165) is 35.5 Å². The van der Waals surface area contributed by atoms with Crippen molar-refractivity contribution in [2.75, 3.05) is 31.4 Å². The Hall–Kier alpha value is -1.70. The zero-order valence-corrected chi connectivity index (χ0v) is 20.2. The molecule has 1 aliphatic heterocycles. The van der Waals surface area contributed by atoms with Gasteiger partial charge in [0.25, 0.3) is 0 Å². The molecule has 2 aromatic rings. The van der Waals surface area contributed by atoms with Crippen LogP contribution >= 0.6 is 11.8 Å². The second-order valence-electron chi connectivity index (χ2n) is 8.49. The van der Waals surface area contributed by atoms with Gasteiger partial charge in [0.05, 0.1) is 17.2 Å². The first-order valence-corrected chi connectivity index (χ1v) is 13.8. The molecule has 4 rings (SSSR count). The minimum atomic E-state index is -3.65. The highest BCUT2D eigenvalue weighted by molar-refractivity contribution is 7.98. The Balaban J connectivity index is 1.84. The molecule has 2 aromatic carbocycles. The van der Waals surface area contributed by atoms with Crippen molar-refractivity contribution in [3.8, 4) is 5.75 Å². The van der Waals surface area contributed by atoms with E-state index in [1.807, 2.05) is 30.5 Å². The largest absolute Gasteiger partial charge is 0.492 e. The number of hydrogen-bond acceptors (Lipinski definition) is 5. The molecule has 0 N–H and O–H groups in total. The summed E-state index contributed by atoms with van der Waals surface area (Å²) in [4.78, 5) is 3.48. The van der Waals surface area contributed by atoms with Gasteiger partial charge in [0.1, 0.15) is 10.6 Å². The van der Waals surface area contributed by atoms with Crippen molar-refractivity contribution in [1.29, 1.82) is 0 Å². The second kappa shape index (κ2) is 9.43. The summed E-state index contributed by atoms with van der Waals surface area (Å²) in [7, 11) is -1.92. The van der Waals surface area contributed by atoms with E-state index in [1.165, 1.54) is 12.8 Å². The van der Waals surface area contributed by atoms with Crippen LogP contribution in [0.2, 0.25) is 0 Å². The Morgan fingerprint density at radius 3 is 2.55 bits per heavy atom. The molecule has 168 valence electrons. The molecule has 0 amide bonds. The predicted molar refractivity (Wildman–Crippen MR) is 128 cm³/mol. The Morgan fingerprint density at radius 1 is 1.16 bits per heavy atom. The quantitative estimate of drug-likeness (QED) is 0.485. The molecule has 0 aromatic heterocycles.